The number of rotatable bonds is 5. The van der Waals surface area contributed by atoms with Crippen LogP contribution in [0.25, 0.3) is 0 Å². The van der Waals surface area contributed by atoms with Crippen molar-refractivity contribution in [2.24, 2.45) is 5.73 Å². The lowest BCUT2D eigenvalue weighted by molar-refractivity contribution is -0.317. The lowest BCUT2D eigenvalue weighted by atomic mass is 10.2. The third-order valence-electron chi connectivity index (χ3n) is 1.39. The van der Waals surface area contributed by atoms with Crippen molar-refractivity contribution >= 4 is 17.8 Å². The summed E-state index contributed by atoms with van der Waals surface area (Å²) in [4.78, 5) is 31.3. The summed E-state index contributed by atoms with van der Waals surface area (Å²) in [5.74, 6) is -4.05. The number of nitrogens with one attached hydrogen (secondary N) is 1. The molecule has 0 saturated carbocycles. The Kier molecular flexibility index (Phi) is 4.57. The molecule has 1 amide bonds. The molecule has 0 saturated heterocycles. The predicted octanol–water partition coefficient (Wildman–Crippen LogP) is -4.29. The molecule has 0 aliphatic heterocycles. The molecule has 0 rings (SSSR count). The Labute approximate surface area is 79.9 Å². The van der Waals surface area contributed by atoms with E-state index in [2.05, 4.69) is 0 Å². The van der Waals surface area contributed by atoms with E-state index in [1.807, 2.05) is 5.32 Å². The van der Waals surface area contributed by atoms with Crippen molar-refractivity contribution in [2.75, 3.05) is 0 Å². The molecule has 0 aromatic carbocycles. The summed E-state index contributed by atoms with van der Waals surface area (Å²) in [6.45, 7) is 1.33. The van der Waals surface area contributed by atoms with Gasteiger partial charge in [-0.2, -0.15) is 0 Å². The maximum Gasteiger partial charge on any atom is 0.237 e. The second kappa shape index (κ2) is 5.18. The lowest BCUT2D eigenvalue weighted by Crippen LogP contribution is -2.53. The van der Waals surface area contributed by atoms with E-state index in [9.17, 15) is 24.6 Å². The zero-order chi connectivity index (χ0) is 11.3. The van der Waals surface area contributed by atoms with Gasteiger partial charge in [-0.05, 0) is 6.92 Å². The molecular weight excluding hydrogens is 192 g/mol. The molecule has 7 nitrogen and oxygen atoms in total. The van der Waals surface area contributed by atoms with Gasteiger partial charge in [-0.15, -0.1) is 0 Å². The number of amides is 1. The van der Waals surface area contributed by atoms with Crippen LogP contribution in [-0.4, -0.2) is 29.9 Å². The van der Waals surface area contributed by atoms with Gasteiger partial charge < -0.3 is 30.9 Å². The molecule has 14 heavy (non-hydrogen) atoms. The summed E-state index contributed by atoms with van der Waals surface area (Å²) in [5.41, 5.74) is 5.13. The van der Waals surface area contributed by atoms with Crippen molar-refractivity contribution in [2.45, 2.75) is 25.4 Å². The van der Waals surface area contributed by atoms with Crippen molar-refractivity contribution in [3.05, 3.63) is 0 Å². The minimum absolute atomic E-state index is 0.763. The van der Waals surface area contributed by atoms with Crippen LogP contribution in [-0.2, 0) is 14.4 Å². The lowest BCUT2D eigenvalue weighted by Gasteiger charge is -2.20. The number of carboxylic acid groups (broad SMARTS) is 2. The van der Waals surface area contributed by atoms with E-state index < -0.39 is 36.4 Å². The van der Waals surface area contributed by atoms with Gasteiger partial charge in [-0.25, -0.2) is 0 Å². The molecule has 0 radical (unpaired) electrons. The summed E-state index contributed by atoms with van der Waals surface area (Å²) in [7, 11) is 0. The van der Waals surface area contributed by atoms with Crippen LogP contribution in [0.15, 0.2) is 0 Å². The third-order valence-corrected chi connectivity index (χ3v) is 1.39. The molecule has 7 heteroatoms. The number of aliphatic carboxylic acids is 2. The zero-order valence-corrected chi connectivity index (χ0v) is 7.48. The Morgan fingerprint density at radius 2 is 1.86 bits per heavy atom. The zero-order valence-electron chi connectivity index (χ0n) is 7.48. The van der Waals surface area contributed by atoms with Crippen molar-refractivity contribution in [3.8, 4) is 0 Å². The van der Waals surface area contributed by atoms with Gasteiger partial charge >= 0.3 is 0 Å². The molecule has 0 aliphatic carbocycles. The highest BCUT2D eigenvalue weighted by atomic mass is 16.4. The SMILES string of the molecule is CC(N)C(=O)NC(CC(=O)[O-])C(=O)[O-]. The highest BCUT2D eigenvalue weighted by Gasteiger charge is 2.15. The smallest absolute Gasteiger partial charge is 0.237 e. The van der Waals surface area contributed by atoms with E-state index in [1.165, 1.54) is 6.92 Å². The Balaban J connectivity index is 4.31. The second-order valence-electron chi connectivity index (χ2n) is 2.75. The van der Waals surface area contributed by atoms with Crippen LogP contribution in [0.3, 0.4) is 0 Å². The molecule has 0 aromatic heterocycles. The van der Waals surface area contributed by atoms with Gasteiger partial charge in [0, 0.05) is 12.4 Å². The first-order valence-electron chi connectivity index (χ1n) is 3.81. The maximum atomic E-state index is 10.9. The first-order valence-corrected chi connectivity index (χ1v) is 3.81. The van der Waals surface area contributed by atoms with Gasteiger partial charge in [0.15, 0.2) is 0 Å². The third kappa shape index (κ3) is 4.41. The second-order valence-corrected chi connectivity index (χ2v) is 2.75. The van der Waals surface area contributed by atoms with Gasteiger partial charge in [0.1, 0.15) is 0 Å². The topological polar surface area (TPSA) is 135 Å². The largest absolute Gasteiger partial charge is 0.550 e. The number of carbonyl (C=O) groups is 3. The van der Waals surface area contributed by atoms with Crippen molar-refractivity contribution in [3.63, 3.8) is 0 Å². The molecule has 0 spiro atoms. The van der Waals surface area contributed by atoms with E-state index in [-0.39, 0.29) is 0 Å². The van der Waals surface area contributed by atoms with Gasteiger partial charge in [-0.1, -0.05) is 0 Å². The number of carboxylic acids is 2. The molecular formula is C7H10N2O5-2. The van der Waals surface area contributed by atoms with Crippen LogP contribution in [0.2, 0.25) is 0 Å². The Morgan fingerprint density at radius 3 is 2.14 bits per heavy atom. The molecule has 0 aliphatic rings. The van der Waals surface area contributed by atoms with Gasteiger partial charge in [0.05, 0.1) is 18.1 Å². The average Bonchev–Trinajstić information content (AvgIpc) is 2.01. The maximum absolute atomic E-state index is 10.9. The van der Waals surface area contributed by atoms with Gasteiger partial charge in [-0.3, -0.25) is 4.79 Å². The fourth-order valence-corrected chi connectivity index (χ4v) is 0.663. The van der Waals surface area contributed by atoms with Gasteiger partial charge in [0.2, 0.25) is 5.91 Å². The average molecular weight is 202 g/mol. The molecule has 80 valence electrons. The normalized spacial score (nSPS) is 14.1. The molecule has 0 aromatic rings. The quantitative estimate of drug-likeness (QED) is 0.463. The number of hydrogen-bond donors (Lipinski definition) is 2. The summed E-state index contributed by atoms with van der Waals surface area (Å²) < 4.78 is 0. The summed E-state index contributed by atoms with van der Waals surface area (Å²) in [6.07, 6.45) is -0.846. The minimum atomic E-state index is -1.69. The van der Waals surface area contributed by atoms with Gasteiger partial charge in [0.25, 0.3) is 0 Å². The first kappa shape index (κ1) is 12.4. The number of nitrogens with two attached hydrogens (primary N) is 1. The highest BCUT2D eigenvalue weighted by molar-refractivity contribution is 5.87. The fourth-order valence-electron chi connectivity index (χ4n) is 0.663. The van der Waals surface area contributed by atoms with E-state index in [0.29, 0.717) is 0 Å². The Hall–Kier alpha value is -1.63. The summed E-state index contributed by atoms with van der Waals surface area (Å²) >= 11 is 0. The van der Waals surface area contributed by atoms with E-state index in [1.54, 1.807) is 0 Å². The molecule has 0 fully saturated rings. The highest BCUT2D eigenvalue weighted by Crippen LogP contribution is 1.90. The summed E-state index contributed by atoms with van der Waals surface area (Å²) in [6, 6.07) is -2.53. The van der Waals surface area contributed by atoms with Crippen LogP contribution in [0, 0.1) is 0 Å². The molecule has 3 N–H and O–H groups in total. The Morgan fingerprint density at radius 1 is 1.36 bits per heavy atom. The van der Waals surface area contributed by atoms with Crippen molar-refractivity contribution < 1.29 is 24.6 Å². The molecule has 2 atom stereocenters. The molecule has 0 heterocycles. The molecule has 0 bridgehead atoms. The van der Waals surface area contributed by atoms with E-state index in [4.69, 9.17) is 5.73 Å². The molecule has 2 unspecified atom stereocenters. The monoisotopic (exact) mass is 202 g/mol. The van der Waals surface area contributed by atoms with Crippen LogP contribution >= 0.6 is 0 Å². The minimum Gasteiger partial charge on any atom is -0.550 e. The first-order chi connectivity index (χ1) is 6.34. The van der Waals surface area contributed by atoms with Crippen LogP contribution in [0.1, 0.15) is 13.3 Å². The standard InChI is InChI=1S/C7H12N2O5/c1-3(8)6(12)9-4(7(13)14)2-5(10)11/h3-4H,2,8H2,1H3,(H,9,12)(H,10,11)(H,13,14)/p-2. The number of hydrogen-bond acceptors (Lipinski definition) is 6. The van der Waals surface area contributed by atoms with E-state index in [0.717, 1.165) is 0 Å². The van der Waals surface area contributed by atoms with Crippen molar-refractivity contribution in [1.82, 2.24) is 5.32 Å². The van der Waals surface area contributed by atoms with Crippen LogP contribution in [0.5, 0.6) is 0 Å². The predicted molar refractivity (Wildman–Crippen MR) is 40.2 cm³/mol. The van der Waals surface area contributed by atoms with Crippen molar-refractivity contribution in [1.29, 1.82) is 0 Å². The number of carbonyl (C=O) groups excluding carboxylic acids is 3. The fraction of sp³-hybridized carbons (Fsp3) is 0.571. The van der Waals surface area contributed by atoms with E-state index >= 15 is 0 Å². The van der Waals surface area contributed by atoms with Crippen LogP contribution < -0.4 is 21.3 Å². The Bertz CT molecular complexity index is 250. The summed E-state index contributed by atoms with van der Waals surface area (Å²) in [5, 5.41) is 22.3. The van der Waals surface area contributed by atoms with Crippen LogP contribution in [0.4, 0.5) is 0 Å².